The summed E-state index contributed by atoms with van der Waals surface area (Å²) in [5.74, 6) is 0. The summed E-state index contributed by atoms with van der Waals surface area (Å²) < 4.78 is 0. The Kier molecular flexibility index (Phi) is 3.80. The van der Waals surface area contributed by atoms with Crippen LogP contribution in [-0.2, 0) is 0 Å². The van der Waals surface area contributed by atoms with Crippen LogP contribution in [0.1, 0.15) is 18.4 Å². The van der Waals surface area contributed by atoms with Crippen molar-refractivity contribution in [3.8, 4) is 6.07 Å². The van der Waals surface area contributed by atoms with E-state index in [9.17, 15) is 4.79 Å². The number of benzene rings is 1. The second-order valence-electron chi connectivity index (χ2n) is 4.45. The van der Waals surface area contributed by atoms with Crippen LogP contribution in [0.15, 0.2) is 24.3 Å². The first kappa shape index (κ1) is 12.4. The molecule has 1 aliphatic rings. The summed E-state index contributed by atoms with van der Waals surface area (Å²) in [5.41, 5.74) is 6.98. The van der Waals surface area contributed by atoms with Gasteiger partial charge in [-0.1, -0.05) is 6.07 Å². The van der Waals surface area contributed by atoms with E-state index in [4.69, 9.17) is 11.0 Å². The molecule has 2 amide bonds. The number of nitriles is 1. The minimum Gasteiger partial charge on any atom is -0.328 e. The minimum absolute atomic E-state index is 0.128. The van der Waals surface area contributed by atoms with E-state index in [0.717, 1.165) is 12.8 Å². The van der Waals surface area contributed by atoms with Gasteiger partial charge in [-0.2, -0.15) is 5.26 Å². The molecule has 0 saturated carbocycles. The fourth-order valence-electron chi connectivity index (χ4n) is 1.97. The maximum atomic E-state index is 12.0. The van der Waals surface area contributed by atoms with Gasteiger partial charge in [0.1, 0.15) is 0 Å². The van der Waals surface area contributed by atoms with Gasteiger partial charge in [-0.05, 0) is 31.0 Å². The molecular formula is C13H16N4O. The van der Waals surface area contributed by atoms with Gasteiger partial charge < -0.3 is 16.0 Å². The van der Waals surface area contributed by atoms with Crippen LogP contribution in [0.3, 0.4) is 0 Å². The number of hydrogen-bond acceptors (Lipinski definition) is 3. The number of piperidine rings is 1. The van der Waals surface area contributed by atoms with E-state index < -0.39 is 0 Å². The number of carbonyl (C=O) groups is 1. The Morgan fingerprint density at radius 1 is 1.44 bits per heavy atom. The number of likely N-dealkylation sites (tertiary alicyclic amines) is 1. The van der Waals surface area contributed by atoms with Gasteiger partial charge in [-0.15, -0.1) is 0 Å². The molecule has 1 heterocycles. The fourth-order valence-corrected chi connectivity index (χ4v) is 1.97. The van der Waals surface area contributed by atoms with Crippen molar-refractivity contribution in [3.05, 3.63) is 29.8 Å². The lowest BCUT2D eigenvalue weighted by molar-refractivity contribution is 0.195. The smallest absolute Gasteiger partial charge is 0.321 e. The highest BCUT2D eigenvalue weighted by Crippen LogP contribution is 2.13. The first-order valence-electron chi connectivity index (χ1n) is 6.00. The standard InChI is InChI=1S/C13H16N4O/c14-9-10-2-1-3-12(8-10)16-13(18)17-6-4-11(15)5-7-17/h1-3,8,11H,4-7,15H2,(H,16,18). The molecular weight excluding hydrogens is 228 g/mol. The van der Waals surface area contributed by atoms with Gasteiger partial charge >= 0.3 is 6.03 Å². The first-order valence-corrected chi connectivity index (χ1v) is 6.00. The number of nitrogens with two attached hydrogens (primary N) is 1. The Labute approximate surface area is 106 Å². The second kappa shape index (κ2) is 5.52. The molecule has 94 valence electrons. The zero-order valence-electron chi connectivity index (χ0n) is 10.1. The molecule has 0 bridgehead atoms. The highest BCUT2D eigenvalue weighted by molar-refractivity contribution is 5.89. The van der Waals surface area contributed by atoms with Gasteiger partial charge in [0.05, 0.1) is 11.6 Å². The molecule has 1 aromatic rings. The first-order chi connectivity index (χ1) is 8.69. The minimum atomic E-state index is -0.128. The van der Waals surface area contributed by atoms with Crippen molar-refractivity contribution < 1.29 is 4.79 Å². The number of urea groups is 1. The van der Waals surface area contributed by atoms with Crippen LogP contribution in [0.2, 0.25) is 0 Å². The van der Waals surface area contributed by atoms with E-state index in [-0.39, 0.29) is 12.1 Å². The van der Waals surface area contributed by atoms with Crippen molar-refractivity contribution in [1.82, 2.24) is 4.90 Å². The molecule has 0 aliphatic carbocycles. The number of nitrogens with one attached hydrogen (secondary N) is 1. The van der Waals surface area contributed by atoms with Gasteiger partial charge in [0.2, 0.25) is 0 Å². The number of anilines is 1. The third-order valence-corrected chi connectivity index (χ3v) is 3.07. The topological polar surface area (TPSA) is 82.2 Å². The summed E-state index contributed by atoms with van der Waals surface area (Å²) in [7, 11) is 0. The summed E-state index contributed by atoms with van der Waals surface area (Å²) in [6.07, 6.45) is 1.68. The van der Waals surface area contributed by atoms with E-state index in [1.165, 1.54) is 0 Å². The largest absolute Gasteiger partial charge is 0.328 e. The van der Waals surface area contributed by atoms with E-state index >= 15 is 0 Å². The zero-order chi connectivity index (χ0) is 13.0. The van der Waals surface area contributed by atoms with Crippen molar-refractivity contribution in [1.29, 1.82) is 5.26 Å². The van der Waals surface area contributed by atoms with Crippen LogP contribution < -0.4 is 11.1 Å². The number of nitrogens with zero attached hydrogens (tertiary/aromatic N) is 2. The molecule has 0 unspecified atom stereocenters. The van der Waals surface area contributed by atoms with Crippen LogP contribution in [0.5, 0.6) is 0 Å². The molecule has 18 heavy (non-hydrogen) atoms. The average molecular weight is 244 g/mol. The molecule has 0 spiro atoms. The zero-order valence-corrected chi connectivity index (χ0v) is 10.1. The summed E-state index contributed by atoms with van der Waals surface area (Å²) in [6, 6.07) is 9.01. The van der Waals surface area contributed by atoms with E-state index in [1.807, 2.05) is 6.07 Å². The Hall–Kier alpha value is -2.06. The molecule has 1 aromatic carbocycles. The van der Waals surface area contributed by atoms with Gasteiger partial charge in [0, 0.05) is 24.8 Å². The monoisotopic (exact) mass is 244 g/mol. The van der Waals surface area contributed by atoms with Gasteiger partial charge in [-0.3, -0.25) is 0 Å². The fraction of sp³-hybridized carbons (Fsp3) is 0.385. The quantitative estimate of drug-likeness (QED) is 0.785. The van der Waals surface area contributed by atoms with Crippen molar-refractivity contribution in [2.24, 2.45) is 5.73 Å². The van der Waals surface area contributed by atoms with Crippen molar-refractivity contribution in [2.45, 2.75) is 18.9 Å². The molecule has 5 nitrogen and oxygen atoms in total. The number of hydrogen-bond donors (Lipinski definition) is 2. The Balaban J connectivity index is 1.96. The van der Waals surface area contributed by atoms with Crippen LogP contribution in [0, 0.1) is 11.3 Å². The van der Waals surface area contributed by atoms with Crippen molar-refractivity contribution in [2.75, 3.05) is 18.4 Å². The second-order valence-corrected chi connectivity index (χ2v) is 4.45. The molecule has 5 heteroatoms. The lowest BCUT2D eigenvalue weighted by Crippen LogP contribution is -2.44. The number of amides is 2. The predicted molar refractivity (Wildman–Crippen MR) is 69.0 cm³/mol. The van der Waals surface area contributed by atoms with Gasteiger partial charge in [-0.25, -0.2) is 4.79 Å². The van der Waals surface area contributed by atoms with Crippen LogP contribution in [0.4, 0.5) is 10.5 Å². The van der Waals surface area contributed by atoms with Gasteiger partial charge in [0.15, 0.2) is 0 Å². The van der Waals surface area contributed by atoms with Crippen molar-refractivity contribution >= 4 is 11.7 Å². The third kappa shape index (κ3) is 2.99. The molecule has 3 N–H and O–H groups in total. The Bertz CT molecular complexity index is 472. The van der Waals surface area contributed by atoms with Crippen LogP contribution >= 0.6 is 0 Å². The molecule has 1 saturated heterocycles. The van der Waals surface area contributed by atoms with Crippen molar-refractivity contribution in [3.63, 3.8) is 0 Å². The Morgan fingerprint density at radius 2 is 2.17 bits per heavy atom. The Morgan fingerprint density at radius 3 is 2.83 bits per heavy atom. The molecule has 1 fully saturated rings. The highest BCUT2D eigenvalue weighted by Gasteiger charge is 2.20. The molecule has 0 atom stereocenters. The third-order valence-electron chi connectivity index (χ3n) is 3.07. The summed E-state index contributed by atoms with van der Waals surface area (Å²) in [5, 5.41) is 11.6. The van der Waals surface area contributed by atoms with E-state index in [0.29, 0.717) is 24.3 Å². The summed E-state index contributed by atoms with van der Waals surface area (Å²) >= 11 is 0. The molecule has 0 aromatic heterocycles. The van der Waals surface area contributed by atoms with E-state index in [2.05, 4.69) is 5.32 Å². The lowest BCUT2D eigenvalue weighted by Gasteiger charge is -2.30. The lowest BCUT2D eigenvalue weighted by atomic mass is 10.1. The molecule has 2 rings (SSSR count). The highest BCUT2D eigenvalue weighted by atomic mass is 16.2. The maximum absolute atomic E-state index is 12.0. The average Bonchev–Trinajstić information content (AvgIpc) is 2.39. The van der Waals surface area contributed by atoms with Crippen LogP contribution in [0.25, 0.3) is 0 Å². The normalized spacial score (nSPS) is 16.1. The number of carbonyl (C=O) groups excluding carboxylic acids is 1. The predicted octanol–water partition coefficient (Wildman–Crippen LogP) is 1.51. The molecule has 1 aliphatic heterocycles. The summed E-state index contributed by atoms with van der Waals surface area (Å²) in [6.45, 7) is 1.37. The maximum Gasteiger partial charge on any atom is 0.321 e. The SMILES string of the molecule is N#Cc1cccc(NC(=O)N2CCC(N)CC2)c1. The summed E-state index contributed by atoms with van der Waals surface area (Å²) in [4.78, 5) is 13.7. The van der Waals surface area contributed by atoms with E-state index in [1.54, 1.807) is 29.2 Å². The van der Waals surface area contributed by atoms with Gasteiger partial charge in [0.25, 0.3) is 0 Å². The molecule has 0 radical (unpaired) electrons. The number of rotatable bonds is 1. The van der Waals surface area contributed by atoms with Crippen LogP contribution in [-0.4, -0.2) is 30.1 Å².